The molecule has 1 aromatic rings. The van der Waals surface area contributed by atoms with Gasteiger partial charge in [-0.2, -0.15) is 0 Å². The second kappa shape index (κ2) is 6.22. The van der Waals surface area contributed by atoms with E-state index < -0.39 is 40.0 Å². The summed E-state index contributed by atoms with van der Waals surface area (Å²) in [4.78, 5) is 40.7. The monoisotopic (exact) mass is 415 g/mol. The number of rotatable bonds is 2. The molecule has 7 nitrogen and oxygen atoms in total. The Kier molecular flexibility index (Phi) is 4.29. The van der Waals surface area contributed by atoms with Crippen LogP contribution in [0.2, 0.25) is 0 Å². The molecular formula is C23H29NO6. The molecule has 1 aliphatic heterocycles. The number of nitrogens with zero attached hydrogens (tertiary/aromatic N) is 1. The summed E-state index contributed by atoms with van der Waals surface area (Å²) >= 11 is 0. The predicted molar refractivity (Wildman–Crippen MR) is 109 cm³/mol. The number of fused-ring (bicyclic) bond motifs is 1. The van der Waals surface area contributed by atoms with Crippen molar-refractivity contribution in [2.24, 2.45) is 11.3 Å². The Morgan fingerprint density at radius 2 is 1.63 bits per heavy atom. The van der Waals surface area contributed by atoms with E-state index in [2.05, 4.69) is 0 Å². The van der Waals surface area contributed by atoms with Crippen molar-refractivity contribution in [1.82, 2.24) is 0 Å². The fraction of sp³-hybridized carbons (Fsp3) is 0.609. The summed E-state index contributed by atoms with van der Waals surface area (Å²) in [6, 6.07) is 7.72. The van der Waals surface area contributed by atoms with Crippen LogP contribution in [0, 0.1) is 11.3 Å². The normalized spacial score (nSPS) is 30.5. The first-order chi connectivity index (χ1) is 14.0. The van der Waals surface area contributed by atoms with E-state index in [-0.39, 0.29) is 12.3 Å². The van der Waals surface area contributed by atoms with Crippen LogP contribution >= 0.6 is 0 Å². The van der Waals surface area contributed by atoms with Gasteiger partial charge in [0.25, 0.3) is 0 Å². The molecule has 4 rings (SSSR count). The van der Waals surface area contributed by atoms with Gasteiger partial charge in [-0.05, 0) is 64.5 Å². The molecule has 0 bridgehead atoms. The van der Waals surface area contributed by atoms with Gasteiger partial charge in [0.15, 0.2) is 5.41 Å². The van der Waals surface area contributed by atoms with E-state index in [1.807, 2.05) is 52.0 Å². The highest BCUT2D eigenvalue weighted by molar-refractivity contribution is 6.02. The van der Waals surface area contributed by atoms with Crippen LogP contribution in [0.15, 0.2) is 24.3 Å². The highest BCUT2D eigenvalue weighted by atomic mass is 16.6. The number of anilines is 1. The lowest BCUT2D eigenvalue weighted by Gasteiger charge is -2.59. The summed E-state index contributed by atoms with van der Waals surface area (Å²) in [5, 5.41) is 0. The highest BCUT2D eigenvalue weighted by Gasteiger charge is 2.79. The number of esters is 2. The van der Waals surface area contributed by atoms with Gasteiger partial charge in [-0.3, -0.25) is 14.5 Å². The van der Waals surface area contributed by atoms with Crippen LogP contribution in [0.4, 0.5) is 10.5 Å². The van der Waals surface area contributed by atoms with Crippen molar-refractivity contribution in [3.8, 4) is 0 Å². The fourth-order valence-electron chi connectivity index (χ4n) is 6.30. The minimum absolute atomic E-state index is 0.0503. The Morgan fingerprint density at radius 1 is 1.03 bits per heavy atom. The third-order valence-electron chi connectivity index (χ3n) is 7.32. The smallest absolute Gasteiger partial charge is 0.415 e. The van der Waals surface area contributed by atoms with Gasteiger partial charge in [0.1, 0.15) is 5.60 Å². The topological polar surface area (TPSA) is 82.1 Å². The van der Waals surface area contributed by atoms with Gasteiger partial charge in [-0.15, -0.1) is 0 Å². The third kappa shape index (κ3) is 2.35. The molecule has 1 heterocycles. The second-order valence-corrected chi connectivity index (χ2v) is 9.93. The van der Waals surface area contributed by atoms with Gasteiger partial charge in [0, 0.05) is 5.41 Å². The predicted octanol–water partition coefficient (Wildman–Crippen LogP) is 3.58. The lowest BCUT2D eigenvalue weighted by molar-refractivity contribution is -0.169. The van der Waals surface area contributed by atoms with Gasteiger partial charge in [-0.1, -0.05) is 18.2 Å². The first-order valence-corrected chi connectivity index (χ1v) is 10.3. The van der Waals surface area contributed by atoms with Crippen LogP contribution in [0.1, 0.15) is 52.5 Å². The summed E-state index contributed by atoms with van der Waals surface area (Å²) in [6.07, 6.45) is 0.841. The largest absolute Gasteiger partial charge is 0.468 e. The van der Waals surface area contributed by atoms with Gasteiger partial charge >= 0.3 is 18.0 Å². The van der Waals surface area contributed by atoms with Crippen molar-refractivity contribution in [3.05, 3.63) is 29.8 Å². The van der Waals surface area contributed by atoms with E-state index in [1.165, 1.54) is 14.2 Å². The quantitative estimate of drug-likeness (QED) is 0.417. The van der Waals surface area contributed by atoms with Crippen LogP contribution < -0.4 is 4.90 Å². The number of carbonyl (C=O) groups is 3. The fourth-order valence-corrected chi connectivity index (χ4v) is 6.30. The number of para-hydroxylation sites is 1. The number of amides is 1. The molecule has 0 saturated heterocycles. The van der Waals surface area contributed by atoms with E-state index in [0.29, 0.717) is 12.8 Å². The molecule has 2 fully saturated rings. The Labute approximate surface area is 176 Å². The maximum Gasteiger partial charge on any atom is 0.415 e. The molecule has 2 aliphatic carbocycles. The molecule has 7 heteroatoms. The molecule has 3 aliphatic rings. The molecule has 1 amide bonds. The summed E-state index contributed by atoms with van der Waals surface area (Å²) < 4.78 is 15.8. The Balaban J connectivity index is 1.85. The first kappa shape index (κ1) is 20.7. The Bertz CT molecular complexity index is 918. The van der Waals surface area contributed by atoms with E-state index in [1.54, 1.807) is 4.90 Å². The second-order valence-electron chi connectivity index (χ2n) is 9.93. The molecule has 3 atom stereocenters. The maximum atomic E-state index is 13.3. The van der Waals surface area contributed by atoms with Gasteiger partial charge in [0.2, 0.25) is 0 Å². The molecule has 1 aromatic carbocycles. The molecule has 0 aromatic heterocycles. The van der Waals surface area contributed by atoms with Crippen LogP contribution in [0.5, 0.6) is 0 Å². The van der Waals surface area contributed by atoms with Crippen LogP contribution in [0.3, 0.4) is 0 Å². The number of benzene rings is 1. The number of ether oxygens (including phenoxy) is 3. The van der Waals surface area contributed by atoms with Crippen molar-refractivity contribution in [2.75, 3.05) is 19.1 Å². The van der Waals surface area contributed by atoms with E-state index >= 15 is 0 Å². The average Bonchev–Trinajstić information content (AvgIpc) is 3.05. The van der Waals surface area contributed by atoms with Gasteiger partial charge in [-0.25, -0.2) is 4.79 Å². The Morgan fingerprint density at radius 3 is 2.20 bits per heavy atom. The van der Waals surface area contributed by atoms with Crippen molar-refractivity contribution in [3.63, 3.8) is 0 Å². The molecule has 0 radical (unpaired) electrons. The summed E-state index contributed by atoms with van der Waals surface area (Å²) in [7, 11) is 2.58. The average molecular weight is 415 g/mol. The molecule has 0 N–H and O–H groups in total. The minimum atomic E-state index is -1.37. The molecule has 2 saturated carbocycles. The SMILES string of the molecule is COC(=O)C1(C(=O)OC)C[C@@H]2C[C@@]3(C)N(C(=O)OC(C)(C)C)c4ccccc4[C@@]23C1. The summed E-state index contributed by atoms with van der Waals surface area (Å²) in [5.74, 6) is -1.10. The lowest BCUT2D eigenvalue weighted by atomic mass is 9.49. The number of carbonyl (C=O) groups excluding carboxylic acids is 3. The zero-order valence-electron chi connectivity index (χ0n) is 18.4. The molecule has 30 heavy (non-hydrogen) atoms. The van der Waals surface area contributed by atoms with Crippen molar-refractivity contribution < 1.29 is 28.6 Å². The summed E-state index contributed by atoms with van der Waals surface area (Å²) in [5.41, 5.74) is -1.40. The maximum absolute atomic E-state index is 13.3. The zero-order valence-corrected chi connectivity index (χ0v) is 18.4. The van der Waals surface area contributed by atoms with Crippen LogP contribution in [0.25, 0.3) is 0 Å². The van der Waals surface area contributed by atoms with Gasteiger partial charge in [0.05, 0.1) is 25.4 Å². The third-order valence-corrected chi connectivity index (χ3v) is 7.32. The number of methoxy groups -OCH3 is 2. The van der Waals surface area contributed by atoms with Crippen LogP contribution in [-0.4, -0.2) is 43.4 Å². The number of hydrogen-bond acceptors (Lipinski definition) is 6. The molecule has 162 valence electrons. The van der Waals surface area contributed by atoms with Crippen molar-refractivity contribution >= 4 is 23.7 Å². The molecule has 0 unspecified atom stereocenters. The first-order valence-electron chi connectivity index (χ1n) is 10.3. The minimum Gasteiger partial charge on any atom is -0.468 e. The van der Waals surface area contributed by atoms with E-state index in [4.69, 9.17) is 14.2 Å². The van der Waals surface area contributed by atoms with Crippen molar-refractivity contribution in [2.45, 2.75) is 63.5 Å². The highest BCUT2D eigenvalue weighted by Crippen LogP contribution is 2.75. The van der Waals surface area contributed by atoms with Crippen LogP contribution in [-0.2, 0) is 29.2 Å². The standard InChI is InChI=1S/C23H29NO6/c1-20(2,3)30-19(27)24-16-10-8-7-9-15(16)23-13-22(17(25)28-5,18(26)29-6)12-14(23)11-21(23,24)4/h7-10,14H,11-13H2,1-6H3/t14-,21+,23+/m0/s1. The number of hydrogen-bond donors (Lipinski definition) is 0. The lowest BCUT2D eigenvalue weighted by Crippen LogP contribution is -2.68. The van der Waals surface area contributed by atoms with E-state index in [0.717, 1.165) is 11.3 Å². The van der Waals surface area contributed by atoms with Crippen molar-refractivity contribution in [1.29, 1.82) is 0 Å². The molecule has 1 spiro atoms. The molecular weight excluding hydrogens is 386 g/mol. The van der Waals surface area contributed by atoms with E-state index in [9.17, 15) is 14.4 Å². The Hall–Kier alpha value is -2.57. The summed E-state index contributed by atoms with van der Waals surface area (Å²) in [6.45, 7) is 7.54. The zero-order chi connectivity index (χ0) is 22.1. The van der Waals surface area contributed by atoms with Gasteiger partial charge < -0.3 is 14.2 Å².